The number of hydrogen-bond donors (Lipinski definition) is 1. The van der Waals surface area contributed by atoms with Gasteiger partial charge in [0.15, 0.2) is 0 Å². The maximum atomic E-state index is 5.93. The largest absolute Gasteiger partial charge is 0.375 e. The predicted molar refractivity (Wildman–Crippen MR) is 54.8 cm³/mol. The third kappa shape index (κ3) is 3.77. The van der Waals surface area contributed by atoms with E-state index in [0.29, 0.717) is 13.2 Å². The van der Waals surface area contributed by atoms with Gasteiger partial charge in [-0.15, -0.1) is 0 Å². The summed E-state index contributed by atoms with van der Waals surface area (Å²) < 4.78 is 5.35. The molecule has 0 aliphatic carbocycles. The SMILES string of the molecule is C[C@@H](N)COCc1ccccc1Cl. The maximum Gasteiger partial charge on any atom is 0.0732 e. The van der Waals surface area contributed by atoms with Gasteiger partial charge >= 0.3 is 0 Å². The van der Waals surface area contributed by atoms with Crippen molar-refractivity contribution in [3.8, 4) is 0 Å². The van der Waals surface area contributed by atoms with Crippen LogP contribution in [0.1, 0.15) is 12.5 Å². The van der Waals surface area contributed by atoms with Gasteiger partial charge in [0.2, 0.25) is 0 Å². The summed E-state index contributed by atoms with van der Waals surface area (Å²) in [5.74, 6) is 0. The zero-order valence-electron chi connectivity index (χ0n) is 7.66. The van der Waals surface area contributed by atoms with E-state index < -0.39 is 0 Å². The highest BCUT2D eigenvalue weighted by molar-refractivity contribution is 6.31. The molecule has 0 aliphatic heterocycles. The van der Waals surface area contributed by atoms with Gasteiger partial charge in [-0.1, -0.05) is 29.8 Å². The van der Waals surface area contributed by atoms with Crippen LogP contribution < -0.4 is 5.73 Å². The second kappa shape index (κ2) is 5.22. The first kappa shape index (κ1) is 10.5. The molecule has 13 heavy (non-hydrogen) atoms. The molecule has 2 N–H and O–H groups in total. The van der Waals surface area contributed by atoms with Gasteiger partial charge in [0.25, 0.3) is 0 Å². The Morgan fingerprint density at radius 3 is 2.77 bits per heavy atom. The highest BCUT2D eigenvalue weighted by atomic mass is 35.5. The van der Waals surface area contributed by atoms with E-state index in [0.717, 1.165) is 10.6 Å². The minimum atomic E-state index is 0.0717. The summed E-state index contributed by atoms with van der Waals surface area (Å²) >= 11 is 5.93. The van der Waals surface area contributed by atoms with Crippen molar-refractivity contribution < 1.29 is 4.74 Å². The summed E-state index contributed by atoms with van der Waals surface area (Å²) in [5, 5.41) is 0.743. The quantitative estimate of drug-likeness (QED) is 0.807. The Hall–Kier alpha value is -0.570. The van der Waals surface area contributed by atoms with Gasteiger partial charge < -0.3 is 10.5 Å². The zero-order valence-corrected chi connectivity index (χ0v) is 8.42. The van der Waals surface area contributed by atoms with Gasteiger partial charge in [0, 0.05) is 11.1 Å². The Kier molecular flexibility index (Phi) is 4.22. The van der Waals surface area contributed by atoms with Crippen LogP contribution in [0.25, 0.3) is 0 Å². The van der Waals surface area contributed by atoms with Crippen molar-refractivity contribution in [3.63, 3.8) is 0 Å². The topological polar surface area (TPSA) is 35.2 Å². The van der Waals surface area contributed by atoms with E-state index in [2.05, 4.69) is 0 Å². The van der Waals surface area contributed by atoms with Crippen molar-refractivity contribution in [1.29, 1.82) is 0 Å². The minimum absolute atomic E-state index is 0.0717. The monoisotopic (exact) mass is 199 g/mol. The number of benzene rings is 1. The lowest BCUT2D eigenvalue weighted by atomic mass is 10.2. The van der Waals surface area contributed by atoms with E-state index in [4.69, 9.17) is 22.1 Å². The molecule has 0 radical (unpaired) electrons. The molecular weight excluding hydrogens is 186 g/mol. The van der Waals surface area contributed by atoms with Gasteiger partial charge in [0.1, 0.15) is 0 Å². The fraction of sp³-hybridized carbons (Fsp3) is 0.400. The molecule has 0 fully saturated rings. The van der Waals surface area contributed by atoms with Crippen molar-refractivity contribution in [2.24, 2.45) is 5.73 Å². The molecular formula is C10H14ClNO. The van der Waals surface area contributed by atoms with E-state index in [1.807, 2.05) is 31.2 Å². The first-order chi connectivity index (χ1) is 6.20. The Bertz CT molecular complexity index is 263. The summed E-state index contributed by atoms with van der Waals surface area (Å²) in [7, 11) is 0. The molecule has 0 saturated heterocycles. The molecule has 0 aliphatic rings. The van der Waals surface area contributed by atoms with Gasteiger partial charge in [-0.3, -0.25) is 0 Å². The highest BCUT2D eigenvalue weighted by Gasteiger charge is 1.99. The molecule has 0 amide bonds. The fourth-order valence-electron chi connectivity index (χ4n) is 0.970. The predicted octanol–water partition coefficient (Wildman–Crippen LogP) is 2.20. The number of hydrogen-bond acceptors (Lipinski definition) is 2. The van der Waals surface area contributed by atoms with Crippen LogP contribution in [-0.2, 0) is 11.3 Å². The van der Waals surface area contributed by atoms with Crippen molar-refractivity contribution in [2.45, 2.75) is 19.6 Å². The number of halogens is 1. The maximum absolute atomic E-state index is 5.93. The average molecular weight is 200 g/mol. The van der Waals surface area contributed by atoms with E-state index in [1.165, 1.54) is 0 Å². The van der Waals surface area contributed by atoms with Crippen LogP contribution in [-0.4, -0.2) is 12.6 Å². The lowest BCUT2D eigenvalue weighted by Crippen LogP contribution is -2.21. The second-order valence-corrected chi connectivity index (χ2v) is 3.49. The third-order valence-corrected chi connectivity index (χ3v) is 1.96. The van der Waals surface area contributed by atoms with E-state index >= 15 is 0 Å². The minimum Gasteiger partial charge on any atom is -0.375 e. The van der Waals surface area contributed by atoms with Crippen LogP contribution in [0.5, 0.6) is 0 Å². The van der Waals surface area contributed by atoms with Gasteiger partial charge in [0.05, 0.1) is 13.2 Å². The lowest BCUT2D eigenvalue weighted by molar-refractivity contribution is 0.111. The molecule has 0 heterocycles. The normalized spacial score (nSPS) is 12.8. The van der Waals surface area contributed by atoms with Crippen LogP contribution in [0.3, 0.4) is 0 Å². The second-order valence-electron chi connectivity index (χ2n) is 3.08. The van der Waals surface area contributed by atoms with Crippen molar-refractivity contribution in [2.75, 3.05) is 6.61 Å². The molecule has 0 spiro atoms. The molecule has 72 valence electrons. The zero-order chi connectivity index (χ0) is 9.68. The fourth-order valence-corrected chi connectivity index (χ4v) is 1.16. The average Bonchev–Trinajstić information content (AvgIpc) is 2.08. The summed E-state index contributed by atoms with van der Waals surface area (Å²) in [6.07, 6.45) is 0. The smallest absolute Gasteiger partial charge is 0.0732 e. The van der Waals surface area contributed by atoms with Crippen molar-refractivity contribution in [3.05, 3.63) is 34.9 Å². The molecule has 3 heteroatoms. The molecule has 0 unspecified atom stereocenters. The molecule has 1 rings (SSSR count). The Morgan fingerprint density at radius 2 is 2.15 bits per heavy atom. The first-order valence-electron chi connectivity index (χ1n) is 4.27. The number of nitrogens with two attached hydrogens (primary N) is 1. The summed E-state index contributed by atoms with van der Waals surface area (Å²) in [5.41, 5.74) is 6.54. The Labute approximate surface area is 83.6 Å². The van der Waals surface area contributed by atoms with Crippen molar-refractivity contribution in [1.82, 2.24) is 0 Å². The Balaban J connectivity index is 2.41. The molecule has 0 saturated carbocycles. The van der Waals surface area contributed by atoms with Crippen LogP contribution in [0.15, 0.2) is 24.3 Å². The summed E-state index contributed by atoms with van der Waals surface area (Å²) in [6.45, 7) is 3.00. The molecule has 0 bridgehead atoms. The first-order valence-corrected chi connectivity index (χ1v) is 4.64. The molecule has 1 atom stereocenters. The van der Waals surface area contributed by atoms with E-state index in [9.17, 15) is 0 Å². The van der Waals surface area contributed by atoms with E-state index in [-0.39, 0.29) is 6.04 Å². The third-order valence-electron chi connectivity index (χ3n) is 1.60. The highest BCUT2D eigenvalue weighted by Crippen LogP contribution is 2.15. The van der Waals surface area contributed by atoms with E-state index in [1.54, 1.807) is 0 Å². The number of rotatable bonds is 4. The summed E-state index contributed by atoms with van der Waals surface area (Å²) in [6, 6.07) is 7.71. The van der Waals surface area contributed by atoms with Crippen LogP contribution in [0.2, 0.25) is 5.02 Å². The standard InChI is InChI=1S/C10H14ClNO/c1-8(12)6-13-7-9-4-2-3-5-10(9)11/h2-5,8H,6-7,12H2,1H3/t8-/m1/s1. The summed E-state index contributed by atoms with van der Waals surface area (Å²) in [4.78, 5) is 0. The van der Waals surface area contributed by atoms with Crippen LogP contribution >= 0.6 is 11.6 Å². The molecule has 2 nitrogen and oxygen atoms in total. The van der Waals surface area contributed by atoms with Crippen LogP contribution in [0, 0.1) is 0 Å². The number of ether oxygens (including phenoxy) is 1. The Morgan fingerprint density at radius 1 is 1.46 bits per heavy atom. The van der Waals surface area contributed by atoms with Gasteiger partial charge in [-0.05, 0) is 18.6 Å². The molecule has 0 aromatic heterocycles. The van der Waals surface area contributed by atoms with Gasteiger partial charge in [-0.2, -0.15) is 0 Å². The van der Waals surface area contributed by atoms with Crippen molar-refractivity contribution >= 4 is 11.6 Å². The van der Waals surface area contributed by atoms with Gasteiger partial charge in [-0.25, -0.2) is 0 Å². The van der Waals surface area contributed by atoms with Crippen LogP contribution in [0.4, 0.5) is 0 Å². The lowest BCUT2D eigenvalue weighted by Gasteiger charge is -2.07. The molecule has 1 aromatic rings. The molecule has 1 aromatic carbocycles.